The molecule has 5 heteroatoms. The summed E-state index contributed by atoms with van der Waals surface area (Å²) < 4.78 is 7.43. The van der Waals surface area contributed by atoms with Gasteiger partial charge in [0.05, 0.1) is 5.69 Å². The van der Waals surface area contributed by atoms with Crippen LogP contribution in [0.4, 0.5) is 0 Å². The maximum Gasteiger partial charge on any atom is 0.258 e. The van der Waals surface area contributed by atoms with E-state index >= 15 is 0 Å². The molecule has 0 fully saturated rings. The summed E-state index contributed by atoms with van der Waals surface area (Å²) in [5.41, 5.74) is 5.59. The number of likely N-dealkylation sites (N-methyl/N-ethyl adjacent to an activating group) is 1. The van der Waals surface area contributed by atoms with E-state index < -0.39 is 0 Å². The van der Waals surface area contributed by atoms with Crippen LogP contribution >= 0.6 is 0 Å². The van der Waals surface area contributed by atoms with Gasteiger partial charge < -0.3 is 14.6 Å². The van der Waals surface area contributed by atoms with Gasteiger partial charge in [-0.05, 0) is 42.8 Å². The molecule has 2 aromatic carbocycles. The molecule has 0 amide bonds. The summed E-state index contributed by atoms with van der Waals surface area (Å²) in [6.07, 6.45) is 2.83. The molecular formula is C24H23N3O2. The zero-order valence-corrected chi connectivity index (χ0v) is 16.4. The van der Waals surface area contributed by atoms with E-state index in [0.717, 1.165) is 36.3 Å². The minimum absolute atomic E-state index is 0.106. The summed E-state index contributed by atoms with van der Waals surface area (Å²) >= 11 is 0. The number of hydrogen-bond acceptors (Lipinski definition) is 3. The molecule has 2 aromatic heterocycles. The van der Waals surface area contributed by atoms with Crippen LogP contribution in [-0.2, 0) is 19.6 Å². The van der Waals surface area contributed by atoms with Gasteiger partial charge in [-0.3, -0.25) is 9.36 Å². The fourth-order valence-corrected chi connectivity index (χ4v) is 4.03. The van der Waals surface area contributed by atoms with Gasteiger partial charge in [0.25, 0.3) is 5.56 Å². The Hall–Kier alpha value is -3.31. The van der Waals surface area contributed by atoms with Crippen LogP contribution in [0.15, 0.2) is 71.7 Å². The van der Waals surface area contributed by atoms with Crippen LogP contribution < -0.4 is 10.3 Å². The monoisotopic (exact) mass is 385 g/mol. The van der Waals surface area contributed by atoms with Gasteiger partial charge in [-0.1, -0.05) is 36.4 Å². The van der Waals surface area contributed by atoms with E-state index in [4.69, 9.17) is 4.74 Å². The third kappa shape index (κ3) is 3.45. The molecule has 1 aliphatic heterocycles. The lowest BCUT2D eigenvalue weighted by Gasteiger charge is -2.22. The Kier molecular flexibility index (Phi) is 4.45. The third-order valence-corrected chi connectivity index (χ3v) is 5.57. The first-order valence-corrected chi connectivity index (χ1v) is 9.89. The molecule has 0 spiro atoms. The Balaban J connectivity index is 1.41. The Morgan fingerprint density at radius 1 is 1.07 bits per heavy atom. The zero-order chi connectivity index (χ0) is 19.8. The normalized spacial score (nSPS) is 14.1. The van der Waals surface area contributed by atoms with Crippen molar-refractivity contribution in [3.8, 4) is 11.4 Å². The second-order valence-corrected chi connectivity index (χ2v) is 7.64. The Morgan fingerprint density at radius 3 is 2.76 bits per heavy atom. The van der Waals surface area contributed by atoms with Crippen molar-refractivity contribution in [2.75, 3.05) is 13.6 Å². The summed E-state index contributed by atoms with van der Waals surface area (Å²) in [5.74, 6) is 0.578. The van der Waals surface area contributed by atoms with Gasteiger partial charge in [-0.15, -0.1) is 0 Å². The lowest BCUT2D eigenvalue weighted by molar-refractivity contribution is 0.305. The van der Waals surface area contributed by atoms with Crippen LogP contribution in [-0.4, -0.2) is 28.0 Å². The molecule has 3 heterocycles. The van der Waals surface area contributed by atoms with Crippen LogP contribution in [0, 0.1) is 0 Å². The van der Waals surface area contributed by atoms with Gasteiger partial charge in [0.1, 0.15) is 12.4 Å². The van der Waals surface area contributed by atoms with E-state index in [1.807, 2.05) is 42.5 Å². The first-order valence-electron chi connectivity index (χ1n) is 9.89. The first kappa shape index (κ1) is 17.8. The van der Waals surface area contributed by atoms with E-state index in [1.54, 1.807) is 16.8 Å². The standard InChI is InChI=1S/C24H23N3O2/c1-26-11-10-21-20-8-7-18(13-22(20)25-23(21)15-26)27-12-9-19(14-24(27)28)29-16-17-5-3-2-4-6-17/h2-9,12-14,25H,10-11,15-16H2,1H3. The van der Waals surface area contributed by atoms with Gasteiger partial charge in [0, 0.05) is 41.9 Å². The Labute approximate surface area is 169 Å². The number of benzene rings is 2. The smallest absolute Gasteiger partial charge is 0.258 e. The van der Waals surface area contributed by atoms with Crippen molar-refractivity contribution in [2.24, 2.45) is 0 Å². The first-order chi connectivity index (χ1) is 14.2. The maximum absolute atomic E-state index is 12.7. The molecule has 0 bridgehead atoms. The van der Waals surface area contributed by atoms with Crippen LogP contribution in [0.5, 0.6) is 5.75 Å². The molecule has 4 aromatic rings. The van der Waals surface area contributed by atoms with Crippen molar-refractivity contribution in [3.63, 3.8) is 0 Å². The van der Waals surface area contributed by atoms with Crippen LogP contribution in [0.3, 0.4) is 0 Å². The summed E-state index contributed by atoms with van der Waals surface area (Å²) in [7, 11) is 2.14. The SMILES string of the molecule is CN1CCc2c([nH]c3cc(-n4ccc(OCc5ccccc5)cc4=O)ccc23)C1. The molecule has 0 radical (unpaired) electrons. The van der Waals surface area contributed by atoms with Gasteiger partial charge in [-0.25, -0.2) is 0 Å². The van der Waals surface area contributed by atoms with Gasteiger partial charge in [0.15, 0.2) is 0 Å². The predicted octanol–water partition coefficient (Wildman–Crippen LogP) is 3.89. The minimum Gasteiger partial charge on any atom is -0.489 e. The van der Waals surface area contributed by atoms with E-state index in [1.165, 1.54) is 16.6 Å². The average Bonchev–Trinajstić information content (AvgIpc) is 3.09. The molecule has 1 aliphatic rings. The number of nitrogens with zero attached hydrogens (tertiary/aromatic N) is 2. The number of rotatable bonds is 4. The van der Waals surface area contributed by atoms with Crippen LogP contribution in [0.2, 0.25) is 0 Å². The molecule has 5 rings (SSSR count). The van der Waals surface area contributed by atoms with Crippen molar-refractivity contribution in [1.29, 1.82) is 0 Å². The number of fused-ring (bicyclic) bond motifs is 3. The van der Waals surface area contributed by atoms with Crippen molar-refractivity contribution in [1.82, 2.24) is 14.5 Å². The second-order valence-electron chi connectivity index (χ2n) is 7.64. The van der Waals surface area contributed by atoms with Gasteiger partial charge >= 0.3 is 0 Å². The van der Waals surface area contributed by atoms with Crippen molar-refractivity contribution in [3.05, 3.63) is 94.0 Å². The maximum atomic E-state index is 12.7. The highest BCUT2D eigenvalue weighted by molar-refractivity contribution is 5.86. The highest BCUT2D eigenvalue weighted by Gasteiger charge is 2.18. The predicted molar refractivity (Wildman–Crippen MR) is 115 cm³/mol. The highest BCUT2D eigenvalue weighted by atomic mass is 16.5. The molecule has 0 saturated heterocycles. The van der Waals surface area contributed by atoms with Gasteiger partial charge in [-0.2, -0.15) is 0 Å². The van der Waals surface area contributed by atoms with Gasteiger partial charge in [0.2, 0.25) is 0 Å². The molecular weight excluding hydrogens is 362 g/mol. The summed E-state index contributed by atoms with van der Waals surface area (Å²) in [6.45, 7) is 2.46. The fourth-order valence-electron chi connectivity index (χ4n) is 4.03. The summed E-state index contributed by atoms with van der Waals surface area (Å²) in [5, 5.41) is 1.26. The number of aromatic amines is 1. The Morgan fingerprint density at radius 2 is 1.93 bits per heavy atom. The minimum atomic E-state index is -0.106. The fraction of sp³-hybridized carbons (Fsp3) is 0.208. The average molecular weight is 385 g/mol. The van der Waals surface area contributed by atoms with E-state index in [0.29, 0.717) is 12.4 Å². The Bertz CT molecular complexity index is 1220. The number of nitrogens with one attached hydrogen (secondary N) is 1. The van der Waals surface area contributed by atoms with E-state index in [-0.39, 0.29) is 5.56 Å². The van der Waals surface area contributed by atoms with Crippen molar-refractivity contribution < 1.29 is 4.74 Å². The zero-order valence-electron chi connectivity index (χ0n) is 16.4. The topological polar surface area (TPSA) is 50.3 Å². The number of aromatic nitrogens is 2. The molecule has 29 heavy (non-hydrogen) atoms. The van der Waals surface area contributed by atoms with E-state index in [2.05, 4.69) is 29.1 Å². The summed E-state index contributed by atoms with van der Waals surface area (Å²) in [6, 6.07) is 19.5. The lowest BCUT2D eigenvalue weighted by atomic mass is 10.0. The van der Waals surface area contributed by atoms with E-state index in [9.17, 15) is 4.79 Å². The number of H-pyrrole nitrogens is 1. The quantitative estimate of drug-likeness (QED) is 0.580. The molecule has 0 aliphatic carbocycles. The van der Waals surface area contributed by atoms with Crippen LogP contribution in [0.1, 0.15) is 16.8 Å². The molecule has 5 nitrogen and oxygen atoms in total. The molecule has 146 valence electrons. The van der Waals surface area contributed by atoms with Crippen LogP contribution in [0.25, 0.3) is 16.6 Å². The second kappa shape index (κ2) is 7.26. The largest absolute Gasteiger partial charge is 0.489 e. The number of ether oxygens (including phenoxy) is 1. The highest BCUT2D eigenvalue weighted by Crippen LogP contribution is 2.28. The number of hydrogen-bond donors (Lipinski definition) is 1. The number of pyridine rings is 1. The third-order valence-electron chi connectivity index (χ3n) is 5.57. The molecule has 0 saturated carbocycles. The lowest BCUT2D eigenvalue weighted by Crippen LogP contribution is -2.26. The van der Waals surface area contributed by atoms with Crippen molar-refractivity contribution >= 4 is 10.9 Å². The molecule has 0 unspecified atom stereocenters. The van der Waals surface area contributed by atoms with Crippen molar-refractivity contribution in [2.45, 2.75) is 19.6 Å². The molecule has 1 N–H and O–H groups in total. The molecule has 0 atom stereocenters. The summed E-state index contributed by atoms with van der Waals surface area (Å²) in [4.78, 5) is 18.6.